The molecular formula is C23H21N3O5S. The van der Waals surface area contributed by atoms with Crippen molar-refractivity contribution >= 4 is 40.6 Å². The second-order valence-electron chi connectivity index (χ2n) is 6.74. The van der Waals surface area contributed by atoms with Crippen molar-refractivity contribution in [1.82, 2.24) is 0 Å². The number of benzene rings is 3. The zero-order valence-electron chi connectivity index (χ0n) is 17.4. The quantitative estimate of drug-likeness (QED) is 0.284. The first-order valence-corrected chi connectivity index (χ1v) is 10.5. The van der Waals surface area contributed by atoms with Crippen LogP contribution in [0.3, 0.4) is 0 Å². The molecule has 0 heterocycles. The maximum atomic E-state index is 12.6. The number of thioether (sulfide) groups is 1. The fourth-order valence-corrected chi connectivity index (χ4v) is 3.78. The van der Waals surface area contributed by atoms with Crippen molar-refractivity contribution in [1.29, 1.82) is 0 Å². The third-order valence-corrected chi connectivity index (χ3v) is 5.55. The smallest absolute Gasteiger partial charge is 0.270 e. The van der Waals surface area contributed by atoms with Crippen LogP contribution in [0.1, 0.15) is 17.3 Å². The summed E-state index contributed by atoms with van der Waals surface area (Å²) in [6, 6.07) is 19.7. The summed E-state index contributed by atoms with van der Waals surface area (Å²) in [5.74, 6) is -0.0766. The zero-order chi connectivity index (χ0) is 23.1. The maximum absolute atomic E-state index is 12.6. The molecule has 0 saturated heterocycles. The van der Waals surface area contributed by atoms with E-state index in [2.05, 4.69) is 10.6 Å². The standard InChI is InChI=1S/C23H21N3O5S/c1-15(22(27)25-20-11-3-4-12-21(20)31-2)32-19-10-6-8-17(14-19)24-23(28)16-7-5-9-18(13-16)26(29)30/h3-15H,1-2H3,(H,24,28)(H,25,27). The Morgan fingerprint density at radius 3 is 2.50 bits per heavy atom. The van der Waals surface area contributed by atoms with E-state index in [-0.39, 0.29) is 17.2 Å². The molecule has 0 bridgehead atoms. The van der Waals surface area contributed by atoms with E-state index in [4.69, 9.17) is 4.74 Å². The summed E-state index contributed by atoms with van der Waals surface area (Å²) in [4.78, 5) is 36.2. The second kappa shape index (κ2) is 10.5. The number of ether oxygens (including phenoxy) is 1. The van der Waals surface area contributed by atoms with Gasteiger partial charge in [-0.3, -0.25) is 19.7 Å². The van der Waals surface area contributed by atoms with E-state index in [1.54, 1.807) is 37.3 Å². The summed E-state index contributed by atoms with van der Waals surface area (Å²) in [5, 5.41) is 16.1. The summed E-state index contributed by atoms with van der Waals surface area (Å²) in [7, 11) is 1.54. The lowest BCUT2D eigenvalue weighted by Gasteiger charge is -2.14. The van der Waals surface area contributed by atoms with Gasteiger partial charge in [0.05, 0.1) is 23.0 Å². The lowest BCUT2D eigenvalue weighted by atomic mass is 10.2. The Labute approximate surface area is 189 Å². The van der Waals surface area contributed by atoms with Crippen LogP contribution < -0.4 is 15.4 Å². The van der Waals surface area contributed by atoms with Crippen LogP contribution >= 0.6 is 11.8 Å². The van der Waals surface area contributed by atoms with Crippen LogP contribution in [0.2, 0.25) is 0 Å². The van der Waals surface area contributed by atoms with Gasteiger partial charge in [-0.05, 0) is 43.3 Å². The van der Waals surface area contributed by atoms with Gasteiger partial charge in [-0.1, -0.05) is 24.3 Å². The van der Waals surface area contributed by atoms with E-state index in [1.807, 2.05) is 18.2 Å². The fraction of sp³-hybridized carbons (Fsp3) is 0.130. The number of nitrogens with one attached hydrogen (secondary N) is 2. The van der Waals surface area contributed by atoms with Gasteiger partial charge in [0.1, 0.15) is 5.75 Å². The normalized spacial score (nSPS) is 11.3. The summed E-state index contributed by atoms with van der Waals surface area (Å²) in [5.41, 5.74) is 1.13. The number of non-ortho nitro benzene ring substituents is 1. The molecule has 0 aromatic heterocycles. The third kappa shape index (κ3) is 5.86. The molecule has 1 unspecified atom stereocenters. The van der Waals surface area contributed by atoms with Crippen LogP contribution in [0.15, 0.2) is 77.7 Å². The average molecular weight is 452 g/mol. The highest BCUT2D eigenvalue weighted by molar-refractivity contribution is 8.00. The van der Waals surface area contributed by atoms with Crippen LogP contribution in [-0.4, -0.2) is 29.1 Å². The number of carbonyl (C=O) groups is 2. The van der Waals surface area contributed by atoms with Gasteiger partial charge in [0, 0.05) is 28.3 Å². The number of nitro benzene ring substituents is 1. The van der Waals surface area contributed by atoms with E-state index >= 15 is 0 Å². The highest BCUT2D eigenvalue weighted by atomic mass is 32.2. The van der Waals surface area contributed by atoms with Crippen molar-refractivity contribution in [3.05, 3.63) is 88.5 Å². The van der Waals surface area contributed by atoms with Crippen molar-refractivity contribution in [2.45, 2.75) is 17.1 Å². The number of nitro groups is 1. The maximum Gasteiger partial charge on any atom is 0.270 e. The molecule has 32 heavy (non-hydrogen) atoms. The van der Waals surface area contributed by atoms with E-state index < -0.39 is 16.1 Å². The molecule has 3 rings (SSSR count). The van der Waals surface area contributed by atoms with Gasteiger partial charge in [0.15, 0.2) is 0 Å². The summed E-state index contributed by atoms with van der Waals surface area (Å²) < 4.78 is 5.25. The van der Waals surface area contributed by atoms with Crippen LogP contribution in [0.4, 0.5) is 17.1 Å². The molecule has 3 aromatic carbocycles. The molecule has 9 heteroatoms. The SMILES string of the molecule is COc1ccccc1NC(=O)C(C)Sc1cccc(NC(=O)c2cccc([N+](=O)[O-])c2)c1. The summed E-state index contributed by atoms with van der Waals surface area (Å²) in [6.07, 6.45) is 0. The predicted octanol–water partition coefficient (Wildman–Crippen LogP) is 4.98. The fourth-order valence-electron chi connectivity index (χ4n) is 2.85. The van der Waals surface area contributed by atoms with Crippen LogP contribution in [0, 0.1) is 10.1 Å². The molecule has 1 atom stereocenters. The monoisotopic (exact) mass is 451 g/mol. The Hall–Kier alpha value is -3.85. The molecule has 0 aliphatic carbocycles. The molecule has 0 spiro atoms. The molecule has 164 valence electrons. The number of anilines is 2. The molecule has 2 amide bonds. The minimum Gasteiger partial charge on any atom is -0.495 e. The van der Waals surface area contributed by atoms with Crippen molar-refractivity contribution in [3.8, 4) is 5.75 Å². The van der Waals surface area contributed by atoms with Crippen molar-refractivity contribution in [3.63, 3.8) is 0 Å². The van der Waals surface area contributed by atoms with Crippen molar-refractivity contribution in [2.24, 2.45) is 0 Å². The van der Waals surface area contributed by atoms with Gasteiger partial charge in [0.25, 0.3) is 11.6 Å². The minimum atomic E-state index is -0.550. The van der Waals surface area contributed by atoms with Gasteiger partial charge in [-0.15, -0.1) is 11.8 Å². The van der Waals surface area contributed by atoms with E-state index in [1.165, 1.54) is 43.1 Å². The van der Waals surface area contributed by atoms with Crippen LogP contribution in [-0.2, 0) is 4.79 Å². The first kappa shape index (κ1) is 22.8. The number of carbonyl (C=O) groups excluding carboxylic acids is 2. The number of para-hydroxylation sites is 2. The van der Waals surface area contributed by atoms with Gasteiger partial charge in [0.2, 0.25) is 5.91 Å². The molecule has 0 aliphatic rings. The lowest BCUT2D eigenvalue weighted by molar-refractivity contribution is -0.384. The van der Waals surface area contributed by atoms with Crippen molar-refractivity contribution in [2.75, 3.05) is 17.7 Å². The summed E-state index contributed by atoms with van der Waals surface area (Å²) in [6.45, 7) is 1.78. The topological polar surface area (TPSA) is 111 Å². The Morgan fingerprint density at radius 1 is 1.00 bits per heavy atom. The molecule has 2 N–H and O–H groups in total. The van der Waals surface area contributed by atoms with E-state index in [0.29, 0.717) is 17.1 Å². The van der Waals surface area contributed by atoms with Gasteiger partial charge in [-0.2, -0.15) is 0 Å². The first-order chi connectivity index (χ1) is 15.4. The molecule has 0 fully saturated rings. The molecule has 0 aliphatic heterocycles. The molecular weight excluding hydrogens is 430 g/mol. The van der Waals surface area contributed by atoms with Gasteiger partial charge < -0.3 is 15.4 Å². The number of nitrogens with zero attached hydrogens (tertiary/aromatic N) is 1. The molecule has 0 radical (unpaired) electrons. The molecule has 0 saturated carbocycles. The Balaban J connectivity index is 1.65. The number of amides is 2. The van der Waals surface area contributed by atoms with E-state index in [0.717, 1.165) is 4.90 Å². The Bertz CT molecular complexity index is 1150. The second-order valence-corrected chi connectivity index (χ2v) is 8.15. The largest absolute Gasteiger partial charge is 0.495 e. The number of hydrogen-bond donors (Lipinski definition) is 2. The van der Waals surface area contributed by atoms with Gasteiger partial charge >= 0.3 is 0 Å². The Kier molecular flexibility index (Phi) is 7.45. The highest BCUT2D eigenvalue weighted by Gasteiger charge is 2.17. The number of methoxy groups -OCH3 is 1. The molecule has 3 aromatic rings. The van der Waals surface area contributed by atoms with Crippen LogP contribution in [0.5, 0.6) is 5.75 Å². The van der Waals surface area contributed by atoms with E-state index in [9.17, 15) is 19.7 Å². The first-order valence-electron chi connectivity index (χ1n) is 9.64. The summed E-state index contributed by atoms with van der Waals surface area (Å²) >= 11 is 1.33. The predicted molar refractivity (Wildman–Crippen MR) is 124 cm³/mol. The highest BCUT2D eigenvalue weighted by Crippen LogP contribution is 2.29. The number of hydrogen-bond acceptors (Lipinski definition) is 6. The lowest BCUT2D eigenvalue weighted by Crippen LogP contribution is -2.22. The minimum absolute atomic E-state index is 0.156. The van der Waals surface area contributed by atoms with Gasteiger partial charge in [-0.25, -0.2) is 0 Å². The van der Waals surface area contributed by atoms with Crippen LogP contribution in [0.25, 0.3) is 0 Å². The van der Waals surface area contributed by atoms with Crippen molar-refractivity contribution < 1.29 is 19.2 Å². The third-order valence-electron chi connectivity index (χ3n) is 4.46. The molecule has 8 nitrogen and oxygen atoms in total. The number of rotatable bonds is 8. The Morgan fingerprint density at radius 2 is 1.75 bits per heavy atom. The zero-order valence-corrected chi connectivity index (χ0v) is 18.2. The average Bonchev–Trinajstić information content (AvgIpc) is 2.79.